The van der Waals surface area contributed by atoms with Gasteiger partial charge < -0.3 is 5.32 Å². The molecule has 3 nitrogen and oxygen atoms in total. The minimum Gasteiger partial charge on any atom is -0.349 e. The molecule has 0 spiro atoms. The maximum absolute atomic E-state index is 12.0. The van der Waals surface area contributed by atoms with E-state index in [1.165, 1.54) is 4.70 Å². The van der Waals surface area contributed by atoms with E-state index >= 15 is 0 Å². The van der Waals surface area contributed by atoms with Gasteiger partial charge in [-0.2, -0.15) is 0 Å². The number of aromatic nitrogens is 1. The molecule has 1 N–H and O–H groups in total. The zero-order chi connectivity index (χ0) is 16.1. The predicted octanol–water partition coefficient (Wildman–Crippen LogP) is 4.41. The number of carbonyl (C=O) groups excluding carboxylic acids is 1. The molecule has 5 heteroatoms. The van der Waals surface area contributed by atoms with E-state index in [0.717, 1.165) is 21.8 Å². The number of para-hydroxylation sites is 1. The first-order chi connectivity index (χ1) is 11.2. The van der Waals surface area contributed by atoms with Gasteiger partial charge in [0.05, 0.1) is 22.0 Å². The smallest absolute Gasteiger partial charge is 0.230 e. The van der Waals surface area contributed by atoms with Crippen LogP contribution in [0.3, 0.4) is 0 Å². The average molecular weight is 342 g/mol. The summed E-state index contributed by atoms with van der Waals surface area (Å²) in [4.78, 5) is 16.6. The number of hydrogen-bond acceptors (Lipinski definition) is 4. The van der Waals surface area contributed by atoms with Gasteiger partial charge in [-0.3, -0.25) is 4.79 Å². The molecule has 1 aromatic heterocycles. The molecule has 1 atom stereocenters. The van der Waals surface area contributed by atoms with Gasteiger partial charge in [-0.05, 0) is 24.6 Å². The Bertz CT molecular complexity index is 753. The van der Waals surface area contributed by atoms with Gasteiger partial charge >= 0.3 is 0 Å². The van der Waals surface area contributed by atoms with Gasteiger partial charge in [0.1, 0.15) is 5.01 Å². The van der Waals surface area contributed by atoms with E-state index in [4.69, 9.17) is 0 Å². The highest BCUT2D eigenvalue weighted by atomic mass is 32.2. The normalized spacial score (nSPS) is 12.2. The highest BCUT2D eigenvalue weighted by Crippen LogP contribution is 2.24. The van der Waals surface area contributed by atoms with Gasteiger partial charge in [0.15, 0.2) is 0 Å². The summed E-state index contributed by atoms with van der Waals surface area (Å²) < 4.78 is 1.20. The number of rotatable bonds is 6. The number of thiazole rings is 1. The quantitative estimate of drug-likeness (QED) is 0.721. The first kappa shape index (κ1) is 16.0. The molecule has 118 valence electrons. The molecule has 23 heavy (non-hydrogen) atoms. The van der Waals surface area contributed by atoms with Crippen LogP contribution >= 0.6 is 23.1 Å². The van der Waals surface area contributed by atoms with Crippen LogP contribution in [0.5, 0.6) is 0 Å². The minimum atomic E-state index is 0.0340. The Hall–Kier alpha value is -1.85. The Morgan fingerprint density at radius 3 is 2.70 bits per heavy atom. The van der Waals surface area contributed by atoms with E-state index in [1.54, 1.807) is 23.1 Å². The van der Waals surface area contributed by atoms with Gasteiger partial charge in [-0.1, -0.05) is 42.5 Å². The number of hydrogen-bond donors (Lipinski definition) is 1. The van der Waals surface area contributed by atoms with Crippen LogP contribution in [0.25, 0.3) is 10.2 Å². The lowest BCUT2D eigenvalue weighted by Gasteiger charge is -2.13. The van der Waals surface area contributed by atoms with E-state index in [9.17, 15) is 4.79 Å². The fourth-order valence-electron chi connectivity index (χ4n) is 2.32. The van der Waals surface area contributed by atoms with Crippen molar-refractivity contribution in [3.63, 3.8) is 0 Å². The molecule has 3 aromatic rings. The number of carbonyl (C=O) groups is 1. The summed E-state index contributed by atoms with van der Waals surface area (Å²) in [7, 11) is 0. The molecule has 0 aliphatic carbocycles. The van der Waals surface area contributed by atoms with Crippen molar-refractivity contribution in [1.82, 2.24) is 10.3 Å². The molecule has 0 bridgehead atoms. The number of thioether (sulfide) groups is 1. The van der Waals surface area contributed by atoms with Crippen molar-refractivity contribution in [3.05, 3.63) is 65.2 Å². The third kappa shape index (κ3) is 4.33. The van der Waals surface area contributed by atoms with Crippen molar-refractivity contribution in [2.75, 3.05) is 5.75 Å². The van der Waals surface area contributed by atoms with E-state index in [2.05, 4.69) is 16.4 Å². The Morgan fingerprint density at radius 2 is 1.91 bits per heavy atom. The van der Waals surface area contributed by atoms with Crippen molar-refractivity contribution in [2.24, 2.45) is 0 Å². The summed E-state index contributed by atoms with van der Waals surface area (Å²) >= 11 is 3.30. The van der Waals surface area contributed by atoms with Crippen LogP contribution in [0.2, 0.25) is 0 Å². The highest BCUT2D eigenvalue weighted by Gasteiger charge is 2.10. The first-order valence-corrected chi connectivity index (χ1v) is 9.46. The number of fused-ring (bicyclic) bond motifs is 1. The monoisotopic (exact) mass is 342 g/mol. The van der Waals surface area contributed by atoms with Crippen molar-refractivity contribution >= 4 is 39.2 Å². The average Bonchev–Trinajstić information content (AvgIpc) is 2.98. The summed E-state index contributed by atoms with van der Waals surface area (Å²) in [6.45, 7) is 2.01. The molecule has 1 heterocycles. The predicted molar refractivity (Wildman–Crippen MR) is 98.8 cm³/mol. The minimum absolute atomic E-state index is 0.0340. The maximum Gasteiger partial charge on any atom is 0.230 e. The Kier molecular flexibility index (Phi) is 5.31. The number of nitrogens with one attached hydrogen (secondary N) is 1. The summed E-state index contributed by atoms with van der Waals surface area (Å²) in [5, 5.41) is 4.10. The van der Waals surface area contributed by atoms with Crippen LogP contribution in [0.1, 0.15) is 23.5 Å². The molecule has 0 radical (unpaired) electrons. The standard InChI is InChI=1S/C18H18N2OS2/c1-13(14-7-3-2-4-8-14)19-17(21)11-22-12-18-20-15-9-5-6-10-16(15)23-18/h2-10,13H,11-12H2,1H3,(H,19,21). The van der Waals surface area contributed by atoms with Crippen molar-refractivity contribution in [1.29, 1.82) is 0 Å². The molecule has 3 rings (SSSR count). The number of benzene rings is 2. The van der Waals surface area contributed by atoms with Crippen molar-refractivity contribution in [2.45, 2.75) is 18.7 Å². The largest absolute Gasteiger partial charge is 0.349 e. The topological polar surface area (TPSA) is 42.0 Å². The summed E-state index contributed by atoms with van der Waals surface area (Å²) in [5.41, 5.74) is 2.16. The molecule has 0 aliphatic heterocycles. The second-order valence-corrected chi connectivity index (χ2v) is 7.37. The van der Waals surface area contributed by atoms with Gasteiger partial charge in [0, 0.05) is 5.75 Å². The zero-order valence-electron chi connectivity index (χ0n) is 12.9. The fraction of sp³-hybridized carbons (Fsp3) is 0.222. The summed E-state index contributed by atoms with van der Waals surface area (Å²) in [6, 6.07) is 18.2. The lowest BCUT2D eigenvalue weighted by Crippen LogP contribution is -2.28. The van der Waals surface area contributed by atoms with Crippen LogP contribution in [0, 0.1) is 0 Å². The lowest BCUT2D eigenvalue weighted by molar-refractivity contribution is -0.119. The third-order valence-corrected chi connectivity index (χ3v) is 5.64. The maximum atomic E-state index is 12.0. The van der Waals surface area contributed by atoms with Crippen LogP contribution in [0.4, 0.5) is 0 Å². The third-order valence-electron chi connectivity index (χ3n) is 3.47. The van der Waals surface area contributed by atoms with Gasteiger partial charge in [0.25, 0.3) is 0 Å². The molecule has 0 fully saturated rings. The zero-order valence-corrected chi connectivity index (χ0v) is 14.5. The van der Waals surface area contributed by atoms with Gasteiger partial charge in [0.2, 0.25) is 5.91 Å². The molecule has 0 aliphatic rings. The van der Waals surface area contributed by atoms with Crippen molar-refractivity contribution < 1.29 is 4.79 Å². The molecule has 1 amide bonds. The molecular weight excluding hydrogens is 324 g/mol. The molecule has 2 aromatic carbocycles. The Labute approximate surface area is 144 Å². The molecule has 0 saturated heterocycles. The van der Waals surface area contributed by atoms with E-state index in [1.807, 2.05) is 55.5 Å². The summed E-state index contributed by atoms with van der Waals surface area (Å²) in [6.07, 6.45) is 0. The molecule has 0 saturated carbocycles. The summed E-state index contributed by atoms with van der Waals surface area (Å²) in [5.74, 6) is 1.28. The SMILES string of the molecule is CC(NC(=O)CSCc1nc2ccccc2s1)c1ccccc1. The Balaban J connectivity index is 1.47. The fourth-order valence-corrected chi connectivity index (χ4v) is 4.18. The highest BCUT2D eigenvalue weighted by molar-refractivity contribution is 7.99. The Morgan fingerprint density at radius 1 is 1.17 bits per heavy atom. The van der Waals surface area contributed by atoms with Gasteiger partial charge in [-0.25, -0.2) is 4.98 Å². The van der Waals surface area contributed by atoms with Crippen molar-refractivity contribution in [3.8, 4) is 0 Å². The van der Waals surface area contributed by atoms with E-state index in [0.29, 0.717) is 5.75 Å². The number of nitrogens with zero attached hydrogens (tertiary/aromatic N) is 1. The van der Waals surface area contributed by atoms with Crippen LogP contribution in [0.15, 0.2) is 54.6 Å². The first-order valence-electron chi connectivity index (χ1n) is 7.49. The van der Waals surface area contributed by atoms with E-state index in [-0.39, 0.29) is 11.9 Å². The van der Waals surface area contributed by atoms with Crippen LogP contribution in [-0.2, 0) is 10.5 Å². The lowest BCUT2D eigenvalue weighted by atomic mass is 10.1. The van der Waals surface area contributed by atoms with Crippen LogP contribution < -0.4 is 5.32 Å². The number of amides is 1. The molecular formula is C18H18N2OS2. The van der Waals surface area contributed by atoms with E-state index < -0.39 is 0 Å². The van der Waals surface area contributed by atoms with Gasteiger partial charge in [-0.15, -0.1) is 23.1 Å². The van der Waals surface area contributed by atoms with Crippen LogP contribution in [-0.4, -0.2) is 16.6 Å². The second kappa shape index (κ2) is 7.62. The molecule has 1 unspecified atom stereocenters. The second-order valence-electron chi connectivity index (χ2n) is 5.27.